The van der Waals surface area contributed by atoms with Gasteiger partial charge in [-0.05, 0) is 25.1 Å². The number of halogens is 5. The largest absolute Gasteiger partial charge is 0.434 e. The summed E-state index contributed by atoms with van der Waals surface area (Å²) in [5.74, 6) is -1.70. The van der Waals surface area contributed by atoms with E-state index in [9.17, 15) is 22.4 Å². The lowest BCUT2D eigenvalue weighted by molar-refractivity contribution is -0.141. The van der Waals surface area contributed by atoms with Crippen molar-refractivity contribution < 1.29 is 31.5 Å². The fourth-order valence-corrected chi connectivity index (χ4v) is 4.83. The molecule has 176 valence electrons. The highest BCUT2D eigenvalue weighted by Gasteiger charge is 2.60. The van der Waals surface area contributed by atoms with Crippen molar-refractivity contribution in [1.29, 1.82) is 0 Å². The van der Waals surface area contributed by atoms with Crippen molar-refractivity contribution in [2.45, 2.75) is 36.8 Å². The van der Waals surface area contributed by atoms with Gasteiger partial charge in [-0.3, -0.25) is 4.79 Å². The first-order chi connectivity index (χ1) is 15.4. The lowest BCUT2D eigenvalue weighted by Crippen LogP contribution is -2.60. The van der Waals surface area contributed by atoms with Gasteiger partial charge in [0.25, 0.3) is 5.91 Å². The van der Waals surface area contributed by atoms with E-state index in [1.165, 1.54) is 12.1 Å². The van der Waals surface area contributed by atoms with Gasteiger partial charge in [0.1, 0.15) is 17.1 Å². The van der Waals surface area contributed by atoms with Gasteiger partial charge in [0, 0.05) is 23.4 Å². The molecule has 1 aromatic heterocycles. The second-order valence-electron chi connectivity index (χ2n) is 7.82. The lowest BCUT2D eigenvalue weighted by atomic mass is 9.72. The Hall–Kier alpha value is -2.80. The molecule has 3 heterocycles. The van der Waals surface area contributed by atoms with Crippen LogP contribution in [-0.4, -0.2) is 45.2 Å². The van der Waals surface area contributed by atoms with Gasteiger partial charge in [-0.1, -0.05) is 11.8 Å². The molecule has 2 aliphatic heterocycles. The number of aliphatic imine (C=N–C) groups is 1. The van der Waals surface area contributed by atoms with E-state index < -0.39 is 46.6 Å². The summed E-state index contributed by atoms with van der Waals surface area (Å²) in [5, 5.41) is 2.49. The van der Waals surface area contributed by atoms with E-state index in [0.29, 0.717) is 12.4 Å². The van der Waals surface area contributed by atoms with Gasteiger partial charge in [0.05, 0.1) is 25.1 Å². The van der Waals surface area contributed by atoms with Crippen LogP contribution in [0.25, 0.3) is 0 Å². The predicted molar refractivity (Wildman–Crippen MR) is 111 cm³/mol. The second-order valence-corrected chi connectivity index (χ2v) is 8.82. The number of amidine groups is 1. The first-order valence-electron chi connectivity index (χ1n) is 9.73. The van der Waals surface area contributed by atoms with Gasteiger partial charge >= 0.3 is 6.18 Å². The van der Waals surface area contributed by atoms with Crippen LogP contribution < -0.4 is 11.1 Å². The van der Waals surface area contributed by atoms with Crippen LogP contribution in [0.5, 0.6) is 0 Å². The van der Waals surface area contributed by atoms with Crippen LogP contribution in [0.2, 0.25) is 0 Å². The minimum atomic E-state index is -4.70. The molecule has 0 aliphatic carbocycles. The highest BCUT2D eigenvalue weighted by atomic mass is 32.2. The van der Waals surface area contributed by atoms with Crippen LogP contribution in [0.1, 0.15) is 35.1 Å². The number of hydrogen-bond donors (Lipinski definition) is 2. The Bertz CT molecular complexity index is 1110. The molecule has 1 aromatic carbocycles. The average molecular weight is 487 g/mol. The molecule has 1 amide bonds. The topological polar surface area (TPSA) is 102 Å². The number of nitrogens with zero attached hydrogens (tertiary/aromatic N) is 3. The molecule has 33 heavy (non-hydrogen) atoms. The van der Waals surface area contributed by atoms with Crippen LogP contribution in [0, 0.1) is 5.82 Å². The fourth-order valence-electron chi connectivity index (χ4n) is 3.88. The molecule has 1 saturated heterocycles. The smallest absolute Gasteiger partial charge is 0.379 e. The number of carbonyl (C=O) groups excluding carboxylic acids is 1. The quantitative estimate of drug-likeness (QED) is 0.641. The maximum atomic E-state index is 16.1. The molecule has 13 heteroatoms. The van der Waals surface area contributed by atoms with Gasteiger partial charge in [-0.2, -0.15) is 13.2 Å². The van der Waals surface area contributed by atoms with Gasteiger partial charge < -0.3 is 15.8 Å². The van der Waals surface area contributed by atoms with Crippen LogP contribution in [-0.2, 0) is 16.5 Å². The molecule has 1 fully saturated rings. The molecule has 2 aliphatic rings. The zero-order valence-corrected chi connectivity index (χ0v) is 17.9. The summed E-state index contributed by atoms with van der Waals surface area (Å²) in [7, 11) is 0. The Balaban J connectivity index is 1.67. The summed E-state index contributed by atoms with van der Waals surface area (Å²) >= 11 is 1.03. The number of ether oxygens (including phenoxy) is 1. The molecule has 4 rings (SSSR count). The molecule has 0 saturated carbocycles. The monoisotopic (exact) mass is 487 g/mol. The number of alkyl halides is 4. The van der Waals surface area contributed by atoms with Crippen molar-refractivity contribution in [3.05, 3.63) is 53.4 Å². The lowest BCUT2D eigenvalue weighted by Gasteiger charge is -2.49. The SMILES string of the molecule is C[C@H]1C[C@@]2(F)CSC(N)=N[C@@]2(c2cc(NC(=O)c3cnc(C(F)(F)F)cn3)ccc2F)CO1. The number of anilines is 1. The molecular weight excluding hydrogens is 469 g/mol. The van der Waals surface area contributed by atoms with Gasteiger partial charge in [-0.25, -0.2) is 23.7 Å². The number of aromatic nitrogens is 2. The van der Waals surface area contributed by atoms with E-state index in [1.54, 1.807) is 6.92 Å². The van der Waals surface area contributed by atoms with E-state index in [0.717, 1.165) is 17.8 Å². The molecule has 0 radical (unpaired) electrons. The van der Waals surface area contributed by atoms with Gasteiger partial charge in [0.2, 0.25) is 0 Å². The maximum Gasteiger partial charge on any atom is 0.434 e. The van der Waals surface area contributed by atoms with Crippen molar-refractivity contribution in [1.82, 2.24) is 9.97 Å². The second kappa shape index (κ2) is 8.20. The molecule has 3 atom stereocenters. The summed E-state index contributed by atoms with van der Waals surface area (Å²) in [5.41, 5.74) is 0.393. The molecule has 7 nitrogen and oxygen atoms in total. The third-order valence-electron chi connectivity index (χ3n) is 5.52. The van der Waals surface area contributed by atoms with Gasteiger partial charge in [-0.15, -0.1) is 0 Å². The molecule has 0 unspecified atom stereocenters. The standard InChI is InChI=1S/C20H18F5N5O2S/c1-10-5-18(22)9-33-17(26)30-19(18,8-32-10)12-4-11(2-3-13(12)21)29-16(31)14-6-28-15(7-27-14)20(23,24)25/h2-4,6-7,10H,5,8-9H2,1H3,(H2,26,30)(H,29,31)/t10-,18+,19+/m0/s1. The Morgan fingerprint density at radius 1 is 1.30 bits per heavy atom. The molecule has 0 spiro atoms. The number of fused-ring (bicyclic) bond motifs is 1. The third-order valence-corrected chi connectivity index (χ3v) is 6.51. The third kappa shape index (κ3) is 4.26. The first-order valence-corrected chi connectivity index (χ1v) is 10.7. The predicted octanol–water partition coefficient (Wildman–Crippen LogP) is 3.66. The fraction of sp³-hybridized carbons (Fsp3) is 0.400. The minimum absolute atomic E-state index is 0.0338. The van der Waals surface area contributed by atoms with E-state index in [4.69, 9.17) is 10.5 Å². The summed E-state index contributed by atoms with van der Waals surface area (Å²) in [4.78, 5) is 23.4. The number of rotatable bonds is 3. The molecule has 0 bridgehead atoms. The Morgan fingerprint density at radius 3 is 2.73 bits per heavy atom. The maximum absolute atomic E-state index is 16.1. The normalized spacial score (nSPS) is 27.5. The van der Waals surface area contributed by atoms with E-state index in [2.05, 4.69) is 20.3 Å². The Labute approximate surface area is 189 Å². The van der Waals surface area contributed by atoms with Crippen LogP contribution >= 0.6 is 11.8 Å². The Morgan fingerprint density at radius 2 is 2.06 bits per heavy atom. The highest BCUT2D eigenvalue weighted by molar-refractivity contribution is 8.13. The number of carbonyl (C=O) groups is 1. The zero-order chi connectivity index (χ0) is 24.0. The number of amides is 1. The van der Waals surface area contributed by atoms with Gasteiger partial charge in [0.15, 0.2) is 16.5 Å². The first kappa shape index (κ1) is 23.4. The Kier molecular flexibility index (Phi) is 5.81. The zero-order valence-electron chi connectivity index (χ0n) is 17.1. The van der Waals surface area contributed by atoms with Crippen LogP contribution in [0.15, 0.2) is 35.6 Å². The minimum Gasteiger partial charge on any atom is -0.379 e. The van der Waals surface area contributed by atoms with E-state index in [-0.39, 0.29) is 35.2 Å². The molecule has 3 N–H and O–H groups in total. The van der Waals surface area contributed by atoms with Crippen molar-refractivity contribution in [3.63, 3.8) is 0 Å². The number of benzene rings is 1. The average Bonchev–Trinajstić information content (AvgIpc) is 2.75. The number of hydrogen-bond acceptors (Lipinski definition) is 7. The van der Waals surface area contributed by atoms with Crippen LogP contribution in [0.3, 0.4) is 0 Å². The van der Waals surface area contributed by atoms with Crippen molar-refractivity contribution in [2.24, 2.45) is 10.7 Å². The highest BCUT2D eigenvalue weighted by Crippen LogP contribution is 2.52. The number of thioether (sulfide) groups is 1. The molecule has 2 aromatic rings. The summed E-state index contributed by atoms with van der Waals surface area (Å²) in [6.45, 7) is 1.44. The van der Waals surface area contributed by atoms with Crippen molar-refractivity contribution in [2.75, 3.05) is 17.7 Å². The van der Waals surface area contributed by atoms with Crippen molar-refractivity contribution in [3.8, 4) is 0 Å². The van der Waals surface area contributed by atoms with Crippen molar-refractivity contribution >= 4 is 28.5 Å². The summed E-state index contributed by atoms with van der Waals surface area (Å²) in [6.07, 6.45) is -4.05. The number of nitrogens with one attached hydrogen (secondary N) is 1. The van der Waals surface area contributed by atoms with E-state index in [1.807, 2.05) is 0 Å². The summed E-state index contributed by atoms with van der Waals surface area (Å²) < 4.78 is 74.6. The van der Waals surface area contributed by atoms with E-state index >= 15 is 4.39 Å². The van der Waals surface area contributed by atoms with Crippen LogP contribution in [0.4, 0.5) is 27.6 Å². The summed E-state index contributed by atoms with van der Waals surface area (Å²) in [6, 6.07) is 3.47. The number of nitrogens with two attached hydrogens (primary N) is 1. The molecular formula is C20H18F5N5O2S.